The molecule has 0 radical (unpaired) electrons. The van der Waals surface area contributed by atoms with Gasteiger partial charge in [-0.25, -0.2) is 4.79 Å². The molecule has 0 bridgehead atoms. The van der Waals surface area contributed by atoms with Crippen molar-refractivity contribution in [2.24, 2.45) is 5.41 Å². The van der Waals surface area contributed by atoms with E-state index in [1.807, 2.05) is 6.92 Å². The third-order valence-electron chi connectivity index (χ3n) is 4.68. The highest BCUT2D eigenvalue weighted by Crippen LogP contribution is 2.29. The van der Waals surface area contributed by atoms with Crippen molar-refractivity contribution in [3.05, 3.63) is 17.7 Å². The number of rotatable bonds is 10. The highest BCUT2D eigenvalue weighted by Gasteiger charge is 2.35. The fourth-order valence-corrected chi connectivity index (χ4v) is 2.97. The molecule has 1 aliphatic rings. The number of aryl methyl sites for hydroxylation is 1. The van der Waals surface area contributed by atoms with Gasteiger partial charge in [-0.2, -0.15) is 4.98 Å². The summed E-state index contributed by atoms with van der Waals surface area (Å²) in [4.78, 5) is 42.7. The van der Waals surface area contributed by atoms with Crippen molar-refractivity contribution in [1.29, 1.82) is 0 Å². The minimum atomic E-state index is -0.762. The minimum absolute atomic E-state index is 0.0514. The second-order valence-corrected chi connectivity index (χ2v) is 8.38. The molecular weight excluding hydrogens is 404 g/mol. The Balaban J connectivity index is 2.30. The zero-order valence-corrected chi connectivity index (χ0v) is 18.9. The number of esters is 1. The summed E-state index contributed by atoms with van der Waals surface area (Å²) in [7, 11) is 1.49. The van der Waals surface area contributed by atoms with Crippen LogP contribution in [-0.2, 0) is 30.2 Å². The van der Waals surface area contributed by atoms with E-state index in [1.165, 1.54) is 12.0 Å². The van der Waals surface area contributed by atoms with E-state index in [2.05, 4.69) is 4.98 Å². The summed E-state index contributed by atoms with van der Waals surface area (Å²) in [5.74, 6) is 0.184. The number of methoxy groups -OCH3 is 1. The summed E-state index contributed by atoms with van der Waals surface area (Å²) < 4.78 is 20.5. The van der Waals surface area contributed by atoms with Gasteiger partial charge in [0.1, 0.15) is 12.4 Å². The Morgan fingerprint density at radius 1 is 1.29 bits per heavy atom. The number of ether oxygens (including phenoxy) is 4. The van der Waals surface area contributed by atoms with E-state index in [1.54, 1.807) is 32.9 Å². The van der Waals surface area contributed by atoms with Gasteiger partial charge in [-0.15, -0.1) is 0 Å². The maximum atomic E-state index is 13.3. The molecule has 1 amide bonds. The van der Waals surface area contributed by atoms with E-state index in [-0.39, 0.29) is 31.4 Å². The molecule has 31 heavy (non-hydrogen) atoms. The molecule has 0 aliphatic carbocycles. The number of amides is 1. The summed E-state index contributed by atoms with van der Waals surface area (Å²) in [5, 5.41) is 0. The first-order valence-corrected chi connectivity index (χ1v) is 10.5. The maximum Gasteiger partial charge on any atom is 0.508 e. The second kappa shape index (κ2) is 11.0. The van der Waals surface area contributed by atoms with E-state index in [9.17, 15) is 14.4 Å². The van der Waals surface area contributed by atoms with Crippen LogP contribution in [-0.4, -0.2) is 56.0 Å². The first-order chi connectivity index (χ1) is 14.7. The van der Waals surface area contributed by atoms with Crippen LogP contribution in [0.5, 0.6) is 5.88 Å². The van der Waals surface area contributed by atoms with Gasteiger partial charge in [0.2, 0.25) is 11.8 Å². The van der Waals surface area contributed by atoms with Gasteiger partial charge in [0.25, 0.3) is 0 Å². The summed E-state index contributed by atoms with van der Waals surface area (Å²) in [6.07, 6.45) is 0.882. The average molecular weight is 437 g/mol. The van der Waals surface area contributed by atoms with Gasteiger partial charge in [-0.1, -0.05) is 34.1 Å². The molecule has 1 aromatic heterocycles. The van der Waals surface area contributed by atoms with Crippen LogP contribution in [0.3, 0.4) is 0 Å². The summed E-state index contributed by atoms with van der Waals surface area (Å²) in [5.41, 5.74) is -0.0269. The number of unbranched alkanes of at least 4 members (excludes halogenated alkanes) is 1. The van der Waals surface area contributed by atoms with Crippen LogP contribution in [0.15, 0.2) is 12.1 Å². The minimum Gasteiger partial charge on any atom is -0.481 e. The van der Waals surface area contributed by atoms with Crippen molar-refractivity contribution in [3.8, 4) is 5.88 Å². The number of carbonyl (C=O) groups excluding carboxylic acids is 3. The van der Waals surface area contributed by atoms with Crippen molar-refractivity contribution in [3.63, 3.8) is 0 Å². The van der Waals surface area contributed by atoms with Gasteiger partial charge in [0, 0.05) is 17.9 Å². The number of cyclic esters (lactones) is 2. The monoisotopic (exact) mass is 436 g/mol. The molecule has 1 unspecified atom stereocenters. The van der Waals surface area contributed by atoms with E-state index in [0.29, 0.717) is 30.3 Å². The van der Waals surface area contributed by atoms with Crippen molar-refractivity contribution in [2.75, 3.05) is 31.8 Å². The molecule has 1 atom stereocenters. The predicted octanol–water partition coefficient (Wildman–Crippen LogP) is 3.28. The zero-order valence-electron chi connectivity index (χ0n) is 18.9. The molecule has 0 saturated carbocycles. The van der Waals surface area contributed by atoms with Gasteiger partial charge in [-0.05, 0) is 24.5 Å². The first kappa shape index (κ1) is 24.4. The molecule has 2 rings (SSSR count). The Labute approximate surface area is 183 Å². The van der Waals surface area contributed by atoms with Crippen molar-refractivity contribution >= 4 is 23.8 Å². The number of carbonyl (C=O) groups is 3. The van der Waals surface area contributed by atoms with Gasteiger partial charge in [-0.3, -0.25) is 14.5 Å². The summed E-state index contributed by atoms with van der Waals surface area (Å²) >= 11 is 0. The second-order valence-electron chi connectivity index (χ2n) is 8.38. The molecule has 1 aliphatic heterocycles. The fraction of sp³-hybridized carbons (Fsp3) is 0.636. The first-order valence-electron chi connectivity index (χ1n) is 10.5. The Hall–Kier alpha value is -2.84. The molecule has 0 spiro atoms. The Morgan fingerprint density at radius 3 is 2.61 bits per heavy atom. The van der Waals surface area contributed by atoms with Gasteiger partial charge in [0.05, 0.1) is 20.3 Å². The molecule has 9 heteroatoms. The van der Waals surface area contributed by atoms with Gasteiger partial charge >= 0.3 is 12.1 Å². The number of aromatic nitrogens is 1. The lowest BCUT2D eigenvalue weighted by atomic mass is 9.94. The maximum absolute atomic E-state index is 13.3. The van der Waals surface area contributed by atoms with E-state index < -0.39 is 17.7 Å². The lowest BCUT2D eigenvalue weighted by Gasteiger charge is -2.31. The highest BCUT2D eigenvalue weighted by atomic mass is 16.8. The van der Waals surface area contributed by atoms with Gasteiger partial charge < -0.3 is 18.9 Å². The number of hydrogen-bond acceptors (Lipinski definition) is 8. The lowest BCUT2D eigenvalue weighted by Crippen LogP contribution is -2.45. The SMILES string of the molecule is CCCCOC(=O)CCc1ccc(OC)nc1N(CC1COC(=O)O1)C(=O)C(C)(C)C. The molecule has 0 N–H and O–H groups in total. The number of pyridine rings is 1. The van der Waals surface area contributed by atoms with E-state index >= 15 is 0 Å². The molecule has 1 aromatic rings. The van der Waals surface area contributed by atoms with Gasteiger partial charge in [0.15, 0.2) is 6.10 Å². The number of hydrogen-bond donors (Lipinski definition) is 0. The van der Waals surface area contributed by atoms with Crippen molar-refractivity contribution in [2.45, 2.75) is 59.5 Å². The zero-order chi connectivity index (χ0) is 23.0. The average Bonchev–Trinajstić information content (AvgIpc) is 3.14. The van der Waals surface area contributed by atoms with Crippen molar-refractivity contribution < 1.29 is 33.3 Å². The normalized spacial score (nSPS) is 15.8. The van der Waals surface area contributed by atoms with Crippen LogP contribution in [0.25, 0.3) is 0 Å². The molecule has 9 nitrogen and oxygen atoms in total. The molecular formula is C22H32N2O7. The Morgan fingerprint density at radius 2 is 2.03 bits per heavy atom. The quantitative estimate of drug-likeness (QED) is 0.407. The van der Waals surface area contributed by atoms with Crippen LogP contribution in [0.1, 0.15) is 52.5 Å². The standard InChI is InChI=1S/C22H32N2O7/c1-6-7-12-29-18(25)11-9-15-8-10-17(28-5)23-19(15)24(20(26)22(2,3)4)13-16-14-30-21(27)31-16/h8,10,16H,6-7,9,11-14H2,1-5H3. The van der Waals surface area contributed by atoms with Crippen LogP contribution in [0.2, 0.25) is 0 Å². The van der Waals surface area contributed by atoms with Crippen molar-refractivity contribution in [1.82, 2.24) is 4.98 Å². The molecule has 1 saturated heterocycles. The predicted molar refractivity (Wildman–Crippen MR) is 113 cm³/mol. The topological polar surface area (TPSA) is 104 Å². The molecule has 2 heterocycles. The molecule has 172 valence electrons. The number of anilines is 1. The smallest absolute Gasteiger partial charge is 0.481 e. The van der Waals surface area contributed by atoms with Crippen LogP contribution in [0, 0.1) is 5.41 Å². The van der Waals surface area contributed by atoms with E-state index in [4.69, 9.17) is 18.9 Å². The number of nitrogens with zero attached hydrogens (tertiary/aromatic N) is 2. The third-order valence-corrected chi connectivity index (χ3v) is 4.68. The molecule has 0 aromatic carbocycles. The van der Waals surface area contributed by atoms with Crippen LogP contribution in [0.4, 0.5) is 10.6 Å². The fourth-order valence-electron chi connectivity index (χ4n) is 2.97. The lowest BCUT2D eigenvalue weighted by molar-refractivity contribution is -0.143. The summed E-state index contributed by atoms with van der Waals surface area (Å²) in [6.45, 7) is 7.94. The highest BCUT2D eigenvalue weighted by molar-refractivity contribution is 5.97. The Kier molecular flexibility index (Phi) is 8.65. The van der Waals surface area contributed by atoms with Crippen LogP contribution < -0.4 is 9.64 Å². The summed E-state index contributed by atoms with van der Waals surface area (Å²) in [6, 6.07) is 3.46. The third kappa shape index (κ3) is 7.11. The van der Waals surface area contributed by atoms with Crippen LogP contribution >= 0.6 is 0 Å². The van der Waals surface area contributed by atoms with E-state index in [0.717, 1.165) is 12.8 Å². The largest absolute Gasteiger partial charge is 0.508 e. The molecule has 1 fully saturated rings. The Bertz CT molecular complexity index is 789.